The number of carbonyl (C=O) groups excluding carboxylic acids is 4. The lowest BCUT2D eigenvalue weighted by Crippen LogP contribution is -2.50. The number of likely N-dealkylation sites (tertiary alicyclic amines) is 1. The first-order valence-corrected chi connectivity index (χ1v) is 11.6. The number of carbonyl (C=O) groups is 4. The Bertz CT molecular complexity index is 918. The third kappa shape index (κ3) is 3.90. The molecule has 1 N–H and O–H groups in total. The fraction of sp³-hybridized carbons (Fsp3) is 0.565. The van der Waals surface area contributed by atoms with Gasteiger partial charge in [-0.2, -0.15) is 0 Å². The van der Waals surface area contributed by atoms with Crippen LogP contribution >= 0.6 is 15.9 Å². The predicted octanol–water partition coefficient (Wildman–Crippen LogP) is 3.29. The number of halogens is 1. The number of benzene rings is 1. The molecule has 1 heterocycles. The van der Waals surface area contributed by atoms with Crippen molar-refractivity contribution in [1.29, 1.82) is 0 Å². The van der Waals surface area contributed by atoms with E-state index in [2.05, 4.69) is 21.2 Å². The zero-order valence-corrected chi connectivity index (χ0v) is 19.5. The number of hydrogen-bond donors (Lipinski definition) is 1. The lowest BCUT2D eigenvalue weighted by Gasteiger charge is -2.28. The monoisotopic (exact) mass is 490 g/mol. The Balaban J connectivity index is 1.41. The van der Waals surface area contributed by atoms with E-state index in [9.17, 15) is 19.2 Å². The standard InChI is InChI=1S/C23H27BrN2O5/c1-11(2)20(26-21(28)18-13-4-5-14(9-13)19(18)22(26)29)23(30)31-10-17(27)25-15-6-7-16(24)12(3)8-15/h6-8,11,13-14,18-20H,4-5,9-10H2,1-3H3,(H,25,27)/t13-,14-,18-,19+,20+/m0/s1. The Labute approximate surface area is 190 Å². The van der Waals surface area contributed by atoms with Gasteiger partial charge in [0, 0.05) is 10.2 Å². The molecule has 0 spiro atoms. The third-order valence-corrected chi connectivity index (χ3v) is 7.79. The van der Waals surface area contributed by atoms with Crippen LogP contribution in [-0.4, -0.2) is 41.2 Å². The molecule has 4 rings (SSSR count). The van der Waals surface area contributed by atoms with Gasteiger partial charge in [0.1, 0.15) is 6.04 Å². The lowest BCUT2D eigenvalue weighted by atomic mass is 9.81. The van der Waals surface area contributed by atoms with Crippen molar-refractivity contribution in [2.24, 2.45) is 29.6 Å². The maximum atomic E-state index is 13.1. The number of fused-ring (bicyclic) bond motifs is 5. The minimum absolute atomic E-state index is 0.243. The van der Waals surface area contributed by atoms with Crippen molar-refractivity contribution in [1.82, 2.24) is 4.90 Å². The summed E-state index contributed by atoms with van der Waals surface area (Å²) in [6, 6.07) is 4.35. The van der Waals surface area contributed by atoms with Gasteiger partial charge in [0.15, 0.2) is 6.61 Å². The van der Waals surface area contributed by atoms with Crippen LogP contribution in [0.3, 0.4) is 0 Å². The van der Waals surface area contributed by atoms with Crippen LogP contribution < -0.4 is 5.32 Å². The van der Waals surface area contributed by atoms with E-state index >= 15 is 0 Å². The zero-order valence-electron chi connectivity index (χ0n) is 17.9. The van der Waals surface area contributed by atoms with Crippen molar-refractivity contribution < 1.29 is 23.9 Å². The van der Waals surface area contributed by atoms with E-state index in [-0.39, 0.29) is 41.4 Å². The van der Waals surface area contributed by atoms with Crippen LogP contribution in [0.4, 0.5) is 5.69 Å². The fourth-order valence-electron chi connectivity index (χ4n) is 5.52. The molecule has 0 radical (unpaired) electrons. The Morgan fingerprint density at radius 1 is 1.16 bits per heavy atom. The maximum absolute atomic E-state index is 13.1. The van der Waals surface area contributed by atoms with Crippen molar-refractivity contribution in [3.8, 4) is 0 Å². The molecule has 3 fully saturated rings. The van der Waals surface area contributed by atoms with Crippen LogP contribution in [0.1, 0.15) is 38.7 Å². The number of nitrogens with zero attached hydrogens (tertiary/aromatic N) is 1. The number of amides is 3. The third-order valence-electron chi connectivity index (χ3n) is 6.90. The van der Waals surface area contributed by atoms with Crippen molar-refractivity contribution in [3.63, 3.8) is 0 Å². The highest BCUT2D eigenvalue weighted by molar-refractivity contribution is 9.10. The van der Waals surface area contributed by atoms with Crippen molar-refractivity contribution in [2.75, 3.05) is 11.9 Å². The molecule has 0 unspecified atom stereocenters. The van der Waals surface area contributed by atoms with Crippen LogP contribution in [0, 0.1) is 36.5 Å². The van der Waals surface area contributed by atoms with Crippen LogP contribution in [-0.2, 0) is 23.9 Å². The first-order valence-electron chi connectivity index (χ1n) is 10.8. The summed E-state index contributed by atoms with van der Waals surface area (Å²) in [5.74, 6) is -2.07. The molecule has 2 saturated carbocycles. The van der Waals surface area contributed by atoms with Gasteiger partial charge in [-0.25, -0.2) is 4.79 Å². The number of hydrogen-bond acceptors (Lipinski definition) is 5. The van der Waals surface area contributed by atoms with E-state index < -0.39 is 24.5 Å². The van der Waals surface area contributed by atoms with Gasteiger partial charge in [0.2, 0.25) is 11.8 Å². The van der Waals surface area contributed by atoms with Gasteiger partial charge in [-0.15, -0.1) is 0 Å². The zero-order chi connectivity index (χ0) is 22.4. The summed E-state index contributed by atoms with van der Waals surface area (Å²) in [5.41, 5.74) is 1.55. The summed E-state index contributed by atoms with van der Waals surface area (Å²) in [5, 5.41) is 2.69. The molecule has 3 amide bonds. The minimum Gasteiger partial charge on any atom is -0.454 e. The Morgan fingerprint density at radius 2 is 1.77 bits per heavy atom. The fourth-order valence-corrected chi connectivity index (χ4v) is 5.77. The average Bonchev–Trinajstić information content (AvgIpc) is 3.39. The molecule has 7 nitrogen and oxygen atoms in total. The van der Waals surface area contributed by atoms with Crippen molar-refractivity contribution >= 4 is 45.3 Å². The van der Waals surface area contributed by atoms with Gasteiger partial charge in [-0.3, -0.25) is 19.3 Å². The summed E-state index contributed by atoms with van der Waals surface area (Å²) in [6.45, 7) is 4.98. The SMILES string of the molecule is Cc1cc(NC(=O)COC(=O)[C@@H](C(C)C)N2C(=O)[C@@H]3[C@H]4CC[C@@H](C4)[C@@H]3C2=O)ccc1Br. The first-order chi connectivity index (χ1) is 14.7. The van der Waals surface area contributed by atoms with Crippen molar-refractivity contribution in [2.45, 2.75) is 46.1 Å². The largest absolute Gasteiger partial charge is 0.454 e. The van der Waals surface area contributed by atoms with E-state index in [0.717, 1.165) is 34.2 Å². The molecule has 8 heteroatoms. The smallest absolute Gasteiger partial charge is 0.330 e. The van der Waals surface area contributed by atoms with E-state index in [1.807, 2.05) is 13.0 Å². The summed E-state index contributed by atoms with van der Waals surface area (Å²) in [4.78, 5) is 52.4. The number of imide groups is 1. The number of nitrogens with one attached hydrogen (secondary N) is 1. The van der Waals surface area contributed by atoms with Gasteiger partial charge < -0.3 is 10.1 Å². The molecule has 1 aliphatic heterocycles. The first kappa shape index (κ1) is 22.0. The van der Waals surface area contributed by atoms with E-state index in [1.165, 1.54) is 0 Å². The van der Waals surface area contributed by atoms with Crippen LogP contribution in [0.5, 0.6) is 0 Å². The predicted molar refractivity (Wildman–Crippen MR) is 117 cm³/mol. The molecular weight excluding hydrogens is 464 g/mol. The molecule has 5 atom stereocenters. The average molecular weight is 491 g/mol. The van der Waals surface area contributed by atoms with E-state index in [0.29, 0.717) is 5.69 Å². The van der Waals surface area contributed by atoms with E-state index in [1.54, 1.807) is 26.0 Å². The molecule has 3 aliphatic rings. The second kappa shape index (κ2) is 8.37. The van der Waals surface area contributed by atoms with E-state index in [4.69, 9.17) is 4.74 Å². The lowest BCUT2D eigenvalue weighted by molar-refractivity contribution is -0.162. The molecule has 2 aliphatic carbocycles. The van der Waals surface area contributed by atoms with Gasteiger partial charge in [0.05, 0.1) is 11.8 Å². The maximum Gasteiger partial charge on any atom is 0.330 e. The van der Waals surface area contributed by atoms with Crippen LogP contribution in [0.15, 0.2) is 22.7 Å². The molecule has 31 heavy (non-hydrogen) atoms. The molecule has 1 aromatic rings. The summed E-state index contributed by atoms with van der Waals surface area (Å²) in [6.07, 6.45) is 2.89. The summed E-state index contributed by atoms with van der Waals surface area (Å²) in [7, 11) is 0. The number of ether oxygens (including phenoxy) is 1. The molecule has 1 saturated heterocycles. The highest BCUT2D eigenvalue weighted by atomic mass is 79.9. The normalized spacial score (nSPS) is 27.6. The second-order valence-corrected chi connectivity index (χ2v) is 10.1. The minimum atomic E-state index is -1.01. The quantitative estimate of drug-likeness (QED) is 0.487. The number of anilines is 1. The van der Waals surface area contributed by atoms with Crippen molar-refractivity contribution in [3.05, 3.63) is 28.2 Å². The van der Waals surface area contributed by atoms with Gasteiger partial charge in [-0.1, -0.05) is 29.8 Å². The highest BCUT2D eigenvalue weighted by Crippen LogP contribution is 2.56. The summed E-state index contributed by atoms with van der Waals surface area (Å²) >= 11 is 3.40. The Morgan fingerprint density at radius 3 is 2.32 bits per heavy atom. The summed E-state index contributed by atoms with van der Waals surface area (Å²) < 4.78 is 6.17. The number of esters is 1. The van der Waals surface area contributed by atoms with Gasteiger partial charge in [0.25, 0.3) is 5.91 Å². The molecule has 1 aromatic carbocycles. The van der Waals surface area contributed by atoms with Gasteiger partial charge in [-0.05, 0) is 67.7 Å². The second-order valence-electron chi connectivity index (χ2n) is 9.24. The molecular formula is C23H27BrN2O5. The van der Waals surface area contributed by atoms with Crippen LogP contribution in [0.25, 0.3) is 0 Å². The van der Waals surface area contributed by atoms with Gasteiger partial charge >= 0.3 is 5.97 Å². The number of aryl methyl sites for hydroxylation is 1. The molecule has 0 aromatic heterocycles. The van der Waals surface area contributed by atoms with Crippen LogP contribution in [0.2, 0.25) is 0 Å². The molecule has 166 valence electrons. The highest BCUT2D eigenvalue weighted by Gasteiger charge is 2.62. The Kier molecular flexibility index (Phi) is 5.94. The Hall–Kier alpha value is -2.22. The number of rotatable bonds is 6. The topological polar surface area (TPSA) is 92.8 Å². The molecule has 2 bridgehead atoms.